The Morgan fingerprint density at radius 3 is 2.62 bits per heavy atom. The van der Waals surface area contributed by atoms with Gasteiger partial charge in [0.05, 0.1) is 12.7 Å². The van der Waals surface area contributed by atoms with E-state index in [0.29, 0.717) is 12.1 Å². The van der Waals surface area contributed by atoms with Gasteiger partial charge in [-0.3, -0.25) is 14.8 Å². The van der Waals surface area contributed by atoms with Crippen molar-refractivity contribution in [3.8, 4) is 0 Å². The highest BCUT2D eigenvalue weighted by Gasteiger charge is 2.20. The van der Waals surface area contributed by atoms with Crippen molar-refractivity contribution in [3.63, 3.8) is 0 Å². The summed E-state index contributed by atoms with van der Waals surface area (Å²) in [5.74, 6) is -0.841. The van der Waals surface area contributed by atoms with Gasteiger partial charge in [0.1, 0.15) is 11.9 Å². The minimum atomic E-state index is -0.655. The molecule has 5 nitrogen and oxygen atoms in total. The fourth-order valence-corrected chi connectivity index (χ4v) is 2.18. The zero-order valence-corrected chi connectivity index (χ0v) is 12.1. The van der Waals surface area contributed by atoms with Crippen molar-refractivity contribution >= 4 is 5.91 Å². The third-order valence-electron chi connectivity index (χ3n) is 3.16. The summed E-state index contributed by atoms with van der Waals surface area (Å²) in [7, 11) is 0. The lowest BCUT2D eigenvalue weighted by molar-refractivity contribution is -0.120. The molecule has 0 aliphatic carbocycles. The molecule has 0 unspecified atom stereocenters. The van der Waals surface area contributed by atoms with Gasteiger partial charge in [0, 0.05) is 12.2 Å². The number of aromatic nitrogens is 2. The summed E-state index contributed by atoms with van der Waals surface area (Å²) in [6.45, 7) is 4.52. The van der Waals surface area contributed by atoms with E-state index in [1.807, 2.05) is 20.0 Å². The molecule has 112 valence electrons. The van der Waals surface area contributed by atoms with Crippen LogP contribution in [-0.4, -0.2) is 21.7 Å². The van der Waals surface area contributed by atoms with E-state index in [0.717, 1.165) is 5.56 Å². The molecule has 0 aliphatic heterocycles. The number of benzene rings is 1. The molecule has 3 N–H and O–H groups in total. The molecule has 1 amide bonds. The number of nitrogens with one attached hydrogen (secondary N) is 1. The summed E-state index contributed by atoms with van der Waals surface area (Å²) < 4.78 is 14.8. The molecule has 1 heterocycles. The van der Waals surface area contributed by atoms with Gasteiger partial charge < -0.3 is 5.73 Å². The molecule has 1 aromatic heterocycles. The number of carbonyl (C=O) groups excluding carboxylic acids is 1. The summed E-state index contributed by atoms with van der Waals surface area (Å²) in [5, 5.41) is 7.36. The van der Waals surface area contributed by atoms with Crippen LogP contribution in [0.1, 0.15) is 24.1 Å². The third-order valence-corrected chi connectivity index (χ3v) is 3.16. The van der Waals surface area contributed by atoms with Crippen LogP contribution in [0.4, 0.5) is 4.39 Å². The van der Waals surface area contributed by atoms with Gasteiger partial charge in [0.25, 0.3) is 0 Å². The average Bonchev–Trinajstić information content (AvgIpc) is 2.82. The van der Waals surface area contributed by atoms with Crippen LogP contribution in [0, 0.1) is 12.7 Å². The largest absolute Gasteiger partial charge is 0.368 e. The van der Waals surface area contributed by atoms with Crippen molar-refractivity contribution in [2.24, 2.45) is 5.73 Å². The van der Waals surface area contributed by atoms with Gasteiger partial charge in [0.15, 0.2) is 0 Å². The zero-order chi connectivity index (χ0) is 15.4. The lowest BCUT2D eigenvalue weighted by atomic mass is 10.1. The molecule has 0 spiro atoms. The highest BCUT2D eigenvalue weighted by atomic mass is 19.1. The molecule has 1 aromatic carbocycles. The predicted molar refractivity (Wildman–Crippen MR) is 77.9 cm³/mol. The van der Waals surface area contributed by atoms with Crippen LogP contribution in [0.25, 0.3) is 0 Å². The monoisotopic (exact) mass is 290 g/mol. The maximum absolute atomic E-state index is 13.0. The third kappa shape index (κ3) is 4.13. The Morgan fingerprint density at radius 1 is 1.43 bits per heavy atom. The first kappa shape index (κ1) is 15.2. The minimum Gasteiger partial charge on any atom is -0.368 e. The highest BCUT2D eigenvalue weighted by Crippen LogP contribution is 2.14. The van der Waals surface area contributed by atoms with Gasteiger partial charge in [-0.1, -0.05) is 12.1 Å². The van der Waals surface area contributed by atoms with Gasteiger partial charge in [-0.25, -0.2) is 4.39 Å². The molecular weight excluding hydrogens is 271 g/mol. The molecular formula is C15H19FN4O. The Kier molecular flexibility index (Phi) is 4.70. The average molecular weight is 290 g/mol. The fourth-order valence-electron chi connectivity index (χ4n) is 2.18. The van der Waals surface area contributed by atoms with E-state index >= 15 is 0 Å². The van der Waals surface area contributed by atoms with Crippen LogP contribution in [-0.2, 0) is 11.3 Å². The van der Waals surface area contributed by atoms with E-state index in [2.05, 4.69) is 10.4 Å². The molecule has 6 heteroatoms. The molecule has 21 heavy (non-hydrogen) atoms. The lowest BCUT2D eigenvalue weighted by Gasteiger charge is -2.21. The smallest absolute Gasteiger partial charge is 0.239 e. The van der Waals surface area contributed by atoms with E-state index in [9.17, 15) is 9.18 Å². The van der Waals surface area contributed by atoms with E-state index in [-0.39, 0.29) is 11.9 Å². The van der Waals surface area contributed by atoms with Crippen molar-refractivity contribution in [3.05, 3.63) is 53.6 Å². The number of hydrogen-bond donors (Lipinski definition) is 2. The molecule has 0 aliphatic rings. The molecule has 2 atom stereocenters. The van der Waals surface area contributed by atoms with Crippen molar-refractivity contribution in [1.29, 1.82) is 0 Å². The molecule has 0 fully saturated rings. The molecule has 2 aromatic rings. The molecule has 0 bridgehead atoms. The Morgan fingerprint density at radius 2 is 2.10 bits per heavy atom. The normalized spacial score (nSPS) is 13.9. The number of amides is 1. The lowest BCUT2D eigenvalue weighted by Crippen LogP contribution is -2.40. The number of halogens is 1. The van der Waals surface area contributed by atoms with Gasteiger partial charge >= 0.3 is 0 Å². The van der Waals surface area contributed by atoms with Crippen molar-refractivity contribution in [2.45, 2.75) is 32.5 Å². The van der Waals surface area contributed by atoms with Gasteiger partial charge in [-0.15, -0.1) is 0 Å². The number of nitrogens with two attached hydrogens (primary N) is 1. The van der Waals surface area contributed by atoms with Crippen LogP contribution in [0.3, 0.4) is 0 Å². The van der Waals surface area contributed by atoms with Gasteiger partial charge in [-0.05, 0) is 37.1 Å². The quantitative estimate of drug-likeness (QED) is 0.847. The number of primary amides is 1. The van der Waals surface area contributed by atoms with E-state index in [4.69, 9.17) is 5.73 Å². The Hall–Kier alpha value is -2.21. The van der Waals surface area contributed by atoms with Crippen LogP contribution in [0.5, 0.6) is 0 Å². The standard InChI is InChI=1S/C15H19FN4O/c1-10-7-18-20(8-10)9-11(2)19-14(15(17)21)12-3-5-13(16)6-4-12/h3-8,11,14,19H,9H2,1-2H3,(H2,17,21)/t11-,14-/m0/s1. The first-order valence-electron chi connectivity index (χ1n) is 6.75. The SMILES string of the molecule is Cc1cnn(C[C@H](C)N[C@H](C(N)=O)c2ccc(F)cc2)c1. The van der Waals surface area contributed by atoms with Crippen LogP contribution >= 0.6 is 0 Å². The van der Waals surface area contributed by atoms with E-state index in [1.165, 1.54) is 12.1 Å². The topological polar surface area (TPSA) is 72.9 Å². The van der Waals surface area contributed by atoms with Gasteiger partial charge in [0.2, 0.25) is 5.91 Å². The van der Waals surface area contributed by atoms with Gasteiger partial charge in [-0.2, -0.15) is 5.10 Å². The summed E-state index contributed by atoms with van der Waals surface area (Å²) in [5.41, 5.74) is 7.16. The van der Waals surface area contributed by atoms with Crippen molar-refractivity contribution in [1.82, 2.24) is 15.1 Å². The Balaban J connectivity index is 2.05. The first-order chi connectivity index (χ1) is 9.95. The number of nitrogens with zero attached hydrogens (tertiary/aromatic N) is 2. The zero-order valence-electron chi connectivity index (χ0n) is 12.1. The first-order valence-corrected chi connectivity index (χ1v) is 6.75. The van der Waals surface area contributed by atoms with Crippen LogP contribution < -0.4 is 11.1 Å². The Bertz CT molecular complexity index is 608. The summed E-state index contributed by atoms with van der Waals surface area (Å²) in [6, 6.07) is 5.07. The summed E-state index contributed by atoms with van der Waals surface area (Å²) in [6.07, 6.45) is 3.70. The second kappa shape index (κ2) is 6.49. The van der Waals surface area contributed by atoms with Crippen LogP contribution in [0.15, 0.2) is 36.7 Å². The highest BCUT2D eigenvalue weighted by molar-refractivity contribution is 5.81. The van der Waals surface area contributed by atoms with E-state index in [1.54, 1.807) is 23.0 Å². The molecule has 0 saturated heterocycles. The molecule has 2 rings (SSSR count). The fraction of sp³-hybridized carbons (Fsp3) is 0.333. The number of rotatable bonds is 6. The summed E-state index contributed by atoms with van der Waals surface area (Å²) in [4.78, 5) is 11.6. The second-order valence-electron chi connectivity index (χ2n) is 5.19. The van der Waals surface area contributed by atoms with E-state index < -0.39 is 11.9 Å². The predicted octanol–water partition coefficient (Wildman–Crippen LogP) is 1.54. The summed E-state index contributed by atoms with van der Waals surface area (Å²) >= 11 is 0. The number of aryl methyl sites for hydroxylation is 1. The number of carbonyl (C=O) groups is 1. The Labute approximate surface area is 123 Å². The maximum atomic E-state index is 13.0. The second-order valence-corrected chi connectivity index (χ2v) is 5.19. The molecule has 0 radical (unpaired) electrons. The number of hydrogen-bond acceptors (Lipinski definition) is 3. The van der Waals surface area contributed by atoms with Crippen molar-refractivity contribution < 1.29 is 9.18 Å². The minimum absolute atomic E-state index is 0.0214. The molecule has 0 saturated carbocycles. The maximum Gasteiger partial charge on any atom is 0.239 e. The van der Waals surface area contributed by atoms with Crippen molar-refractivity contribution in [2.75, 3.05) is 0 Å². The van der Waals surface area contributed by atoms with Crippen LogP contribution in [0.2, 0.25) is 0 Å².